The predicted octanol–water partition coefficient (Wildman–Crippen LogP) is 2.11. The molecule has 1 rings (SSSR count). The lowest BCUT2D eigenvalue weighted by Crippen LogP contribution is -2.51. The number of carbonyl (C=O) groups excluding carboxylic acids is 1. The standard InChI is InChI=1S/C15H27N3O/c1-12(15(3,4)5)10-14(19)18-8-6-17(7-9-18)13(2)11-16/h12-13H,6-10H2,1-5H3. The van der Waals surface area contributed by atoms with Crippen LogP contribution in [0.15, 0.2) is 0 Å². The highest BCUT2D eigenvalue weighted by Crippen LogP contribution is 2.28. The zero-order valence-corrected chi connectivity index (χ0v) is 12.9. The number of amides is 1. The summed E-state index contributed by atoms with van der Waals surface area (Å²) < 4.78 is 0. The Labute approximate surface area is 117 Å². The smallest absolute Gasteiger partial charge is 0.222 e. The number of hydrogen-bond donors (Lipinski definition) is 0. The monoisotopic (exact) mass is 265 g/mol. The number of nitriles is 1. The Morgan fingerprint density at radius 2 is 1.74 bits per heavy atom. The van der Waals surface area contributed by atoms with Gasteiger partial charge in [-0.05, 0) is 18.3 Å². The lowest BCUT2D eigenvalue weighted by molar-refractivity contribution is -0.134. The van der Waals surface area contributed by atoms with Crippen LogP contribution < -0.4 is 0 Å². The molecule has 2 atom stereocenters. The van der Waals surface area contributed by atoms with E-state index in [9.17, 15) is 4.79 Å². The molecular weight excluding hydrogens is 238 g/mol. The highest BCUT2D eigenvalue weighted by Gasteiger charge is 2.28. The molecule has 0 radical (unpaired) electrons. The normalized spacial score (nSPS) is 20.7. The third-order valence-corrected chi connectivity index (χ3v) is 4.36. The first-order chi connectivity index (χ1) is 8.75. The van der Waals surface area contributed by atoms with Gasteiger partial charge in [-0.15, -0.1) is 0 Å². The molecule has 0 aromatic carbocycles. The van der Waals surface area contributed by atoms with E-state index in [-0.39, 0.29) is 17.4 Å². The largest absolute Gasteiger partial charge is 0.340 e. The topological polar surface area (TPSA) is 47.3 Å². The molecule has 1 aliphatic rings. The fourth-order valence-corrected chi connectivity index (χ4v) is 2.14. The summed E-state index contributed by atoms with van der Waals surface area (Å²) in [5.41, 5.74) is 0.173. The van der Waals surface area contributed by atoms with E-state index in [1.807, 2.05) is 11.8 Å². The van der Waals surface area contributed by atoms with Crippen LogP contribution in [0.2, 0.25) is 0 Å². The molecule has 1 amide bonds. The molecule has 4 nitrogen and oxygen atoms in total. The molecule has 2 unspecified atom stereocenters. The average molecular weight is 265 g/mol. The highest BCUT2D eigenvalue weighted by atomic mass is 16.2. The first kappa shape index (κ1) is 16.0. The van der Waals surface area contributed by atoms with Crippen molar-refractivity contribution < 1.29 is 4.79 Å². The zero-order chi connectivity index (χ0) is 14.6. The SMILES string of the molecule is CC(C#N)N1CCN(C(=O)CC(C)C(C)(C)C)CC1. The molecule has 4 heteroatoms. The van der Waals surface area contributed by atoms with Gasteiger partial charge in [0.15, 0.2) is 0 Å². The highest BCUT2D eigenvalue weighted by molar-refractivity contribution is 5.76. The van der Waals surface area contributed by atoms with Gasteiger partial charge in [0.05, 0.1) is 12.1 Å². The summed E-state index contributed by atoms with van der Waals surface area (Å²) >= 11 is 0. The molecule has 0 aliphatic carbocycles. The van der Waals surface area contributed by atoms with Gasteiger partial charge >= 0.3 is 0 Å². The summed E-state index contributed by atoms with van der Waals surface area (Å²) in [6.07, 6.45) is 0.622. The van der Waals surface area contributed by atoms with Crippen molar-refractivity contribution in [3.63, 3.8) is 0 Å². The van der Waals surface area contributed by atoms with E-state index >= 15 is 0 Å². The van der Waals surface area contributed by atoms with Crippen LogP contribution in [0.5, 0.6) is 0 Å². The molecule has 1 saturated heterocycles. The van der Waals surface area contributed by atoms with E-state index in [1.165, 1.54) is 0 Å². The van der Waals surface area contributed by atoms with E-state index in [2.05, 4.69) is 38.7 Å². The molecule has 1 aliphatic heterocycles. The fourth-order valence-electron chi connectivity index (χ4n) is 2.14. The Hall–Kier alpha value is -1.08. The second-order valence-corrected chi connectivity index (χ2v) is 6.69. The third-order valence-electron chi connectivity index (χ3n) is 4.36. The van der Waals surface area contributed by atoms with Crippen LogP contribution in [-0.4, -0.2) is 47.9 Å². The van der Waals surface area contributed by atoms with Gasteiger partial charge < -0.3 is 4.90 Å². The van der Waals surface area contributed by atoms with Gasteiger partial charge in [0, 0.05) is 32.6 Å². The Morgan fingerprint density at radius 1 is 1.21 bits per heavy atom. The minimum Gasteiger partial charge on any atom is -0.340 e. The van der Waals surface area contributed by atoms with Crippen LogP contribution in [0.3, 0.4) is 0 Å². The van der Waals surface area contributed by atoms with Crippen molar-refractivity contribution in [2.45, 2.75) is 47.1 Å². The summed E-state index contributed by atoms with van der Waals surface area (Å²) in [4.78, 5) is 16.3. The van der Waals surface area contributed by atoms with Crippen molar-refractivity contribution in [1.29, 1.82) is 5.26 Å². The maximum absolute atomic E-state index is 12.2. The van der Waals surface area contributed by atoms with E-state index in [1.54, 1.807) is 0 Å². The number of piperazine rings is 1. The minimum atomic E-state index is -0.0502. The Bertz CT molecular complexity index is 345. The van der Waals surface area contributed by atoms with E-state index < -0.39 is 0 Å². The second kappa shape index (κ2) is 6.38. The molecule has 0 aromatic rings. The number of carbonyl (C=O) groups is 1. The maximum Gasteiger partial charge on any atom is 0.222 e. The van der Waals surface area contributed by atoms with Gasteiger partial charge in [0.2, 0.25) is 5.91 Å². The number of nitrogens with zero attached hydrogens (tertiary/aromatic N) is 3. The van der Waals surface area contributed by atoms with Crippen LogP contribution in [0.25, 0.3) is 0 Å². The summed E-state index contributed by atoms with van der Waals surface area (Å²) in [6.45, 7) is 13.7. The summed E-state index contributed by atoms with van der Waals surface area (Å²) in [6, 6.07) is 2.20. The van der Waals surface area contributed by atoms with Crippen molar-refractivity contribution in [3.05, 3.63) is 0 Å². The van der Waals surface area contributed by atoms with Gasteiger partial charge in [-0.2, -0.15) is 5.26 Å². The number of rotatable bonds is 3. The number of hydrogen-bond acceptors (Lipinski definition) is 3. The third kappa shape index (κ3) is 4.50. The zero-order valence-electron chi connectivity index (χ0n) is 12.9. The molecule has 1 fully saturated rings. The Morgan fingerprint density at radius 3 is 2.16 bits per heavy atom. The molecule has 19 heavy (non-hydrogen) atoms. The van der Waals surface area contributed by atoms with Gasteiger partial charge in [0.1, 0.15) is 0 Å². The second-order valence-electron chi connectivity index (χ2n) is 6.69. The van der Waals surface area contributed by atoms with E-state index in [0.717, 1.165) is 26.2 Å². The molecular formula is C15H27N3O. The van der Waals surface area contributed by atoms with Gasteiger partial charge in [-0.1, -0.05) is 27.7 Å². The lowest BCUT2D eigenvalue weighted by atomic mass is 9.80. The Balaban J connectivity index is 2.44. The Kier molecular flexibility index (Phi) is 5.37. The molecule has 0 bridgehead atoms. The molecule has 0 aromatic heterocycles. The van der Waals surface area contributed by atoms with Crippen LogP contribution in [-0.2, 0) is 4.79 Å². The first-order valence-corrected chi connectivity index (χ1v) is 7.17. The molecule has 0 N–H and O–H groups in total. The summed E-state index contributed by atoms with van der Waals surface area (Å²) in [5, 5.41) is 8.90. The lowest BCUT2D eigenvalue weighted by Gasteiger charge is -2.37. The van der Waals surface area contributed by atoms with Crippen molar-refractivity contribution in [2.75, 3.05) is 26.2 Å². The first-order valence-electron chi connectivity index (χ1n) is 7.17. The molecule has 108 valence electrons. The van der Waals surface area contributed by atoms with Crippen LogP contribution in [0.4, 0.5) is 0 Å². The van der Waals surface area contributed by atoms with Crippen LogP contribution in [0, 0.1) is 22.7 Å². The van der Waals surface area contributed by atoms with Crippen LogP contribution in [0.1, 0.15) is 41.0 Å². The minimum absolute atomic E-state index is 0.0502. The van der Waals surface area contributed by atoms with Crippen molar-refractivity contribution >= 4 is 5.91 Å². The maximum atomic E-state index is 12.2. The van der Waals surface area contributed by atoms with E-state index in [0.29, 0.717) is 12.3 Å². The van der Waals surface area contributed by atoms with Gasteiger partial charge in [-0.25, -0.2) is 0 Å². The average Bonchev–Trinajstić information content (AvgIpc) is 2.36. The van der Waals surface area contributed by atoms with Crippen LogP contribution >= 0.6 is 0 Å². The van der Waals surface area contributed by atoms with E-state index in [4.69, 9.17) is 5.26 Å². The summed E-state index contributed by atoms with van der Waals surface area (Å²) in [7, 11) is 0. The fraction of sp³-hybridized carbons (Fsp3) is 0.867. The molecule has 0 saturated carbocycles. The van der Waals surface area contributed by atoms with Gasteiger partial charge in [-0.3, -0.25) is 9.69 Å². The molecule has 0 spiro atoms. The van der Waals surface area contributed by atoms with Crippen molar-refractivity contribution in [2.24, 2.45) is 11.3 Å². The van der Waals surface area contributed by atoms with Crippen molar-refractivity contribution in [3.8, 4) is 6.07 Å². The summed E-state index contributed by atoms with van der Waals surface area (Å²) in [5.74, 6) is 0.641. The predicted molar refractivity (Wildman–Crippen MR) is 76.5 cm³/mol. The quantitative estimate of drug-likeness (QED) is 0.785. The van der Waals surface area contributed by atoms with Gasteiger partial charge in [0.25, 0.3) is 0 Å². The molecule has 1 heterocycles. The van der Waals surface area contributed by atoms with Crippen molar-refractivity contribution in [1.82, 2.24) is 9.80 Å².